The molecule has 0 spiro atoms. The second-order valence-corrected chi connectivity index (χ2v) is 6.57. The van der Waals surface area contributed by atoms with Gasteiger partial charge in [-0.1, -0.05) is 47.8 Å². The molecule has 122 valence electrons. The number of benzene rings is 1. The maximum absolute atomic E-state index is 11.0. The van der Waals surface area contributed by atoms with Crippen LogP contribution in [0, 0.1) is 0 Å². The van der Waals surface area contributed by atoms with Gasteiger partial charge in [0.25, 0.3) is 0 Å². The zero-order chi connectivity index (χ0) is 16.8. The number of carbonyl (C=O) groups is 2. The summed E-state index contributed by atoms with van der Waals surface area (Å²) in [5.74, 6) is 0.650. The van der Waals surface area contributed by atoms with E-state index in [1.54, 1.807) is 12.4 Å². The van der Waals surface area contributed by atoms with Gasteiger partial charge in [-0.05, 0) is 11.1 Å². The third-order valence-corrected chi connectivity index (χ3v) is 4.55. The Hall–Kier alpha value is -2.46. The van der Waals surface area contributed by atoms with Gasteiger partial charge in [-0.25, -0.2) is 0 Å². The van der Waals surface area contributed by atoms with E-state index in [4.69, 9.17) is 0 Å². The van der Waals surface area contributed by atoms with Gasteiger partial charge in [0.05, 0.1) is 23.9 Å². The molecule has 2 saturated heterocycles. The van der Waals surface area contributed by atoms with Gasteiger partial charge < -0.3 is 10.6 Å². The number of amides is 2. The smallest absolute Gasteiger partial charge is 0.236 e. The van der Waals surface area contributed by atoms with Gasteiger partial charge in [-0.15, -0.1) is 10.2 Å². The summed E-state index contributed by atoms with van der Waals surface area (Å²) in [5, 5.41) is 22.0. The van der Waals surface area contributed by atoms with Gasteiger partial charge >= 0.3 is 0 Å². The van der Waals surface area contributed by atoms with Crippen LogP contribution in [0.2, 0.25) is 0 Å². The molecule has 0 unspecified atom stereocenters. The van der Waals surface area contributed by atoms with E-state index in [0.29, 0.717) is 21.8 Å². The molecule has 24 heavy (non-hydrogen) atoms. The number of nitrogens with one attached hydrogen (secondary N) is 2. The Morgan fingerprint density at radius 2 is 1.21 bits per heavy atom. The molecular formula is C14H12N6O2S2. The second kappa shape index (κ2) is 7.88. The average molecular weight is 360 g/mol. The molecule has 2 heterocycles. The molecule has 2 N–H and O–H groups in total. The molecule has 2 amide bonds. The fourth-order valence-electron chi connectivity index (χ4n) is 1.72. The van der Waals surface area contributed by atoms with Crippen molar-refractivity contribution in [2.75, 3.05) is 11.5 Å². The monoisotopic (exact) mass is 360 g/mol. The van der Waals surface area contributed by atoms with E-state index in [2.05, 4.69) is 31.0 Å². The molecule has 3 rings (SSSR count). The number of nitrogens with zero attached hydrogens (tertiary/aromatic N) is 4. The zero-order valence-corrected chi connectivity index (χ0v) is 13.9. The SMILES string of the molecule is O=C1CS/C(=N\N=C\c2ccc(/C=N/N=C3\NC(=O)CS3)cc2)N1. The van der Waals surface area contributed by atoms with Crippen LogP contribution in [0.25, 0.3) is 0 Å². The largest absolute Gasteiger partial charge is 0.303 e. The standard InChI is InChI=1S/C14H12N6O2S2/c21-11-7-23-13(17-11)19-15-5-9-1-2-10(4-3-9)6-16-20-14-18-12(22)8-24-14/h1-6H,7-8H2,(H,17,19,21)(H,18,20,22)/b15-5+,16-6+. The predicted molar refractivity (Wildman–Crippen MR) is 97.7 cm³/mol. The summed E-state index contributed by atoms with van der Waals surface area (Å²) in [6.45, 7) is 0. The Labute approximate surface area is 146 Å². The Kier molecular flexibility index (Phi) is 5.39. The molecule has 2 aliphatic rings. The van der Waals surface area contributed by atoms with Gasteiger partial charge in [0, 0.05) is 0 Å². The summed E-state index contributed by atoms with van der Waals surface area (Å²) >= 11 is 2.65. The predicted octanol–water partition coefficient (Wildman–Crippen LogP) is 0.792. The zero-order valence-electron chi connectivity index (χ0n) is 12.3. The maximum atomic E-state index is 11.0. The van der Waals surface area contributed by atoms with Gasteiger partial charge in [0.1, 0.15) is 0 Å². The summed E-state index contributed by atoms with van der Waals surface area (Å²) in [6.07, 6.45) is 3.20. The van der Waals surface area contributed by atoms with Crippen LogP contribution in [0.15, 0.2) is 44.7 Å². The van der Waals surface area contributed by atoms with Gasteiger partial charge in [0.2, 0.25) is 11.8 Å². The van der Waals surface area contributed by atoms with E-state index in [-0.39, 0.29) is 11.8 Å². The van der Waals surface area contributed by atoms with Crippen molar-refractivity contribution in [2.45, 2.75) is 0 Å². The summed E-state index contributed by atoms with van der Waals surface area (Å²) in [6, 6.07) is 7.46. The summed E-state index contributed by atoms with van der Waals surface area (Å²) < 4.78 is 0. The molecule has 8 nitrogen and oxygen atoms in total. The van der Waals surface area contributed by atoms with E-state index in [9.17, 15) is 9.59 Å². The lowest BCUT2D eigenvalue weighted by Gasteiger charge is -1.94. The van der Waals surface area contributed by atoms with Gasteiger partial charge in [-0.2, -0.15) is 10.2 Å². The fraction of sp³-hybridized carbons (Fsp3) is 0.143. The summed E-state index contributed by atoms with van der Waals surface area (Å²) in [7, 11) is 0. The van der Waals surface area contributed by atoms with Crippen molar-refractivity contribution >= 4 is 58.1 Å². The van der Waals surface area contributed by atoms with Crippen LogP contribution in [0.4, 0.5) is 0 Å². The van der Waals surface area contributed by atoms with E-state index < -0.39 is 0 Å². The quantitative estimate of drug-likeness (QED) is 0.611. The van der Waals surface area contributed by atoms with Crippen molar-refractivity contribution < 1.29 is 9.59 Å². The van der Waals surface area contributed by atoms with E-state index >= 15 is 0 Å². The average Bonchev–Trinajstić information content (AvgIpc) is 3.17. The van der Waals surface area contributed by atoms with Crippen LogP contribution in [-0.2, 0) is 9.59 Å². The molecule has 2 fully saturated rings. The first kappa shape index (κ1) is 16.4. The molecule has 1 aromatic carbocycles. The molecule has 1 aromatic rings. The highest BCUT2D eigenvalue weighted by Crippen LogP contribution is 2.09. The molecule has 0 radical (unpaired) electrons. The Morgan fingerprint density at radius 1 is 0.792 bits per heavy atom. The normalized spacial score (nSPS) is 21.3. The van der Waals surface area contributed by atoms with E-state index in [1.807, 2.05) is 24.3 Å². The summed E-state index contributed by atoms with van der Waals surface area (Å²) in [4.78, 5) is 22.0. The van der Waals surface area contributed by atoms with Crippen LogP contribution in [-0.4, -0.2) is 46.1 Å². The molecule has 0 atom stereocenters. The second-order valence-electron chi connectivity index (χ2n) is 4.64. The molecule has 10 heteroatoms. The Bertz CT molecular complexity index is 705. The lowest BCUT2D eigenvalue weighted by atomic mass is 10.2. The van der Waals surface area contributed by atoms with Crippen molar-refractivity contribution in [3.05, 3.63) is 35.4 Å². The van der Waals surface area contributed by atoms with Crippen LogP contribution >= 0.6 is 23.5 Å². The van der Waals surface area contributed by atoms with Gasteiger partial charge in [0.15, 0.2) is 10.3 Å². The number of amidine groups is 2. The van der Waals surface area contributed by atoms with Crippen molar-refractivity contribution in [3.8, 4) is 0 Å². The van der Waals surface area contributed by atoms with E-state index in [1.165, 1.54) is 23.5 Å². The molecule has 0 aromatic heterocycles. The highest BCUT2D eigenvalue weighted by Gasteiger charge is 2.16. The topological polar surface area (TPSA) is 108 Å². The number of hydrogen-bond acceptors (Lipinski definition) is 8. The highest BCUT2D eigenvalue weighted by molar-refractivity contribution is 8.15. The first-order valence-electron chi connectivity index (χ1n) is 6.86. The van der Waals surface area contributed by atoms with Crippen LogP contribution in [0.5, 0.6) is 0 Å². The first-order chi connectivity index (χ1) is 11.7. The Morgan fingerprint density at radius 3 is 1.54 bits per heavy atom. The van der Waals surface area contributed by atoms with Crippen molar-refractivity contribution in [1.82, 2.24) is 10.6 Å². The number of rotatable bonds is 4. The third-order valence-electron chi connectivity index (χ3n) is 2.82. The Balaban J connectivity index is 1.55. The summed E-state index contributed by atoms with van der Waals surface area (Å²) in [5.41, 5.74) is 1.74. The maximum Gasteiger partial charge on any atom is 0.236 e. The van der Waals surface area contributed by atoms with Crippen molar-refractivity contribution in [2.24, 2.45) is 20.4 Å². The molecule has 0 aliphatic carbocycles. The van der Waals surface area contributed by atoms with Gasteiger partial charge in [-0.3, -0.25) is 9.59 Å². The lowest BCUT2D eigenvalue weighted by molar-refractivity contribution is -0.117. The van der Waals surface area contributed by atoms with Crippen LogP contribution in [0.3, 0.4) is 0 Å². The number of thioether (sulfide) groups is 2. The minimum absolute atomic E-state index is 0.0586. The minimum atomic E-state index is -0.0586. The molecule has 2 aliphatic heterocycles. The first-order valence-corrected chi connectivity index (χ1v) is 8.83. The van der Waals surface area contributed by atoms with Crippen LogP contribution < -0.4 is 10.6 Å². The van der Waals surface area contributed by atoms with Crippen molar-refractivity contribution in [1.29, 1.82) is 0 Å². The minimum Gasteiger partial charge on any atom is -0.303 e. The molecular weight excluding hydrogens is 348 g/mol. The molecule has 0 bridgehead atoms. The lowest BCUT2D eigenvalue weighted by Crippen LogP contribution is -2.19. The third kappa shape index (κ3) is 4.77. The highest BCUT2D eigenvalue weighted by atomic mass is 32.2. The van der Waals surface area contributed by atoms with Crippen molar-refractivity contribution in [3.63, 3.8) is 0 Å². The van der Waals surface area contributed by atoms with E-state index in [0.717, 1.165) is 11.1 Å². The number of hydrogen-bond donors (Lipinski definition) is 2. The molecule has 0 saturated carbocycles. The number of carbonyl (C=O) groups excluding carboxylic acids is 2. The van der Waals surface area contributed by atoms with Crippen LogP contribution in [0.1, 0.15) is 11.1 Å². The fourth-order valence-corrected chi connectivity index (χ4v) is 2.98.